The van der Waals surface area contributed by atoms with Crippen molar-refractivity contribution in [1.82, 2.24) is 5.16 Å². The van der Waals surface area contributed by atoms with Gasteiger partial charge >= 0.3 is 0 Å². The van der Waals surface area contributed by atoms with Crippen LogP contribution in [0.5, 0.6) is 0 Å². The summed E-state index contributed by atoms with van der Waals surface area (Å²) in [6, 6.07) is 16.3. The maximum atomic E-state index is 4.98. The van der Waals surface area contributed by atoms with Gasteiger partial charge in [-0.15, -0.1) is 0 Å². The molecular formula is C13H9NO. The highest BCUT2D eigenvalue weighted by Gasteiger charge is 2.05. The van der Waals surface area contributed by atoms with E-state index in [1.165, 1.54) is 0 Å². The van der Waals surface area contributed by atoms with E-state index in [9.17, 15) is 0 Å². The molecule has 0 radical (unpaired) electrons. The average Bonchev–Trinajstić information content (AvgIpc) is 2.78. The third kappa shape index (κ3) is 1.31. The van der Waals surface area contributed by atoms with Crippen molar-refractivity contribution in [3.63, 3.8) is 0 Å². The molecule has 3 aromatic rings. The summed E-state index contributed by atoms with van der Waals surface area (Å²) in [6.45, 7) is 0. The van der Waals surface area contributed by atoms with E-state index < -0.39 is 0 Å². The third-order valence-electron chi connectivity index (χ3n) is 2.48. The van der Waals surface area contributed by atoms with Gasteiger partial charge in [0.15, 0.2) is 0 Å². The molecule has 0 N–H and O–H groups in total. The summed E-state index contributed by atoms with van der Waals surface area (Å²) >= 11 is 0. The van der Waals surface area contributed by atoms with Gasteiger partial charge in [-0.05, 0) is 11.6 Å². The molecule has 2 heteroatoms. The van der Waals surface area contributed by atoms with Gasteiger partial charge < -0.3 is 4.52 Å². The lowest BCUT2D eigenvalue weighted by molar-refractivity contribution is 0.428. The monoisotopic (exact) mass is 195 g/mol. The van der Waals surface area contributed by atoms with Crippen molar-refractivity contribution in [3.8, 4) is 11.1 Å². The van der Waals surface area contributed by atoms with Crippen molar-refractivity contribution in [2.24, 2.45) is 0 Å². The molecule has 0 fully saturated rings. The SMILES string of the molecule is c1ccc(-c2cccc3conc23)cc1. The minimum absolute atomic E-state index is 0.920. The van der Waals surface area contributed by atoms with Crippen LogP contribution in [0.1, 0.15) is 0 Å². The summed E-state index contributed by atoms with van der Waals surface area (Å²) in [6.07, 6.45) is 1.67. The Bertz CT molecular complexity index is 584. The molecule has 2 aromatic carbocycles. The maximum Gasteiger partial charge on any atom is 0.131 e. The molecule has 0 aliphatic rings. The smallest absolute Gasteiger partial charge is 0.131 e. The van der Waals surface area contributed by atoms with Crippen LogP contribution in [0.3, 0.4) is 0 Å². The Morgan fingerprint density at radius 2 is 1.73 bits per heavy atom. The van der Waals surface area contributed by atoms with E-state index in [0.717, 1.165) is 22.0 Å². The third-order valence-corrected chi connectivity index (χ3v) is 2.48. The number of hydrogen-bond acceptors (Lipinski definition) is 2. The van der Waals surface area contributed by atoms with Gasteiger partial charge in [0.25, 0.3) is 0 Å². The lowest BCUT2D eigenvalue weighted by Crippen LogP contribution is -1.78. The van der Waals surface area contributed by atoms with E-state index in [0.29, 0.717) is 0 Å². The van der Waals surface area contributed by atoms with Crippen molar-refractivity contribution in [1.29, 1.82) is 0 Å². The number of rotatable bonds is 1. The van der Waals surface area contributed by atoms with Crippen LogP contribution in [-0.2, 0) is 0 Å². The maximum absolute atomic E-state index is 4.98. The zero-order valence-corrected chi connectivity index (χ0v) is 8.05. The first kappa shape index (κ1) is 8.24. The lowest BCUT2D eigenvalue weighted by Gasteiger charge is -2.00. The Kier molecular flexibility index (Phi) is 1.78. The predicted octanol–water partition coefficient (Wildman–Crippen LogP) is 3.49. The zero-order valence-electron chi connectivity index (χ0n) is 8.05. The number of aromatic nitrogens is 1. The molecule has 0 amide bonds. The summed E-state index contributed by atoms with van der Waals surface area (Å²) in [5.74, 6) is 0. The van der Waals surface area contributed by atoms with Gasteiger partial charge in [0.2, 0.25) is 0 Å². The normalized spacial score (nSPS) is 10.7. The molecule has 1 heterocycles. The molecule has 1 aromatic heterocycles. The van der Waals surface area contributed by atoms with Crippen molar-refractivity contribution in [2.75, 3.05) is 0 Å². The molecular weight excluding hydrogens is 186 g/mol. The van der Waals surface area contributed by atoms with Gasteiger partial charge in [0, 0.05) is 10.9 Å². The van der Waals surface area contributed by atoms with Gasteiger partial charge in [0.1, 0.15) is 11.8 Å². The summed E-state index contributed by atoms with van der Waals surface area (Å²) < 4.78 is 4.98. The fourth-order valence-electron chi connectivity index (χ4n) is 1.74. The Balaban J connectivity index is 2.31. The number of fused-ring (bicyclic) bond motifs is 1. The average molecular weight is 195 g/mol. The minimum Gasteiger partial charge on any atom is -0.363 e. The Morgan fingerprint density at radius 3 is 2.60 bits per heavy atom. The molecule has 0 aliphatic heterocycles. The number of nitrogens with zero attached hydrogens (tertiary/aromatic N) is 1. The molecule has 0 saturated carbocycles. The van der Waals surface area contributed by atoms with E-state index in [1.807, 2.05) is 30.3 Å². The van der Waals surface area contributed by atoms with Crippen LogP contribution in [0.25, 0.3) is 22.0 Å². The standard InChI is InChI=1S/C13H9NO/c1-2-5-10(6-3-1)12-8-4-7-11-9-15-14-13(11)12/h1-9H. The summed E-state index contributed by atoms with van der Waals surface area (Å²) in [5, 5.41) is 5.06. The molecule has 2 nitrogen and oxygen atoms in total. The molecule has 72 valence electrons. The zero-order chi connectivity index (χ0) is 10.1. The number of benzene rings is 2. The summed E-state index contributed by atoms with van der Waals surface area (Å²) in [7, 11) is 0. The van der Waals surface area contributed by atoms with E-state index in [-0.39, 0.29) is 0 Å². The molecule has 15 heavy (non-hydrogen) atoms. The van der Waals surface area contributed by atoms with Crippen LogP contribution in [-0.4, -0.2) is 5.16 Å². The van der Waals surface area contributed by atoms with Crippen LogP contribution in [0, 0.1) is 0 Å². The van der Waals surface area contributed by atoms with E-state index >= 15 is 0 Å². The highest BCUT2D eigenvalue weighted by atomic mass is 16.5. The topological polar surface area (TPSA) is 26.0 Å². The molecule has 3 rings (SSSR count). The Morgan fingerprint density at radius 1 is 0.867 bits per heavy atom. The van der Waals surface area contributed by atoms with Gasteiger partial charge in [-0.3, -0.25) is 0 Å². The van der Waals surface area contributed by atoms with Crippen LogP contribution >= 0.6 is 0 Å². The molecule has 0 bridgehead atoms. The van der Waals surface area contributed by atoms with E-state index in [1.54, 1.807) is 6.26 Å². The first-order chi connectivity index (χ1) is 7.45. The Labute approximate surface area is 87.1 Å². The largest absolute Gasteiger partial charge is 0.363 e. The summed E-state index contributed by atoms with van der Waals surface area (Å²) in [5.41, 5.74) is 3.20. The fourth-order valence-corrected chi connectivity index (χ4v) is 1.74. The predicted molar refractivity (Wildman–Crippen MR) is 59.4 cm³/mol. The first-order valence-corrected chi connectivity index (χ1v) is 4.84. The summed E-state index contributed by atoms with van der Waals surface area (Å²) in [4.78, 5) is 0. The second-order valence-electron chi connectivity index (χ2n) is 3.42. The number of hydrogen-bond donors (Lipinski definition) is 0. The molecule has 0 unspecified atom stereocenters. The molecule has 0 atom stereocenters. The van der Waals surface area contributed by atoms with E-state index in [2.05, 4.69) is 23.4 Å². The highest BCUT2D eigenvalue weighted by molar-refractivity contribution is 5.92. The van der Waals surface area contributed by atoms with Crippen LogP contribution in [0.15, 0.2) is 59.3 Å². The van der Waals surface area contributed by atoms with Crippen LogP contribution in [0.2, 0.25) is 0 Å². The minimum atomic E-state index is 0.920. The van der Waals surface area contributed by atoms with E-state index in [4.69, 9.17) is 4.52 Å². The van der Waals surface area contributed by atoms with Gasteiger partial charge in [-0.25, -0.2) is 0 Å². The van der Waals surface area contributed by atoms with Gasteiger partial charge in [0.05, 0.1) is 0 Å². The highest BCUT2D eigenvalue weighted by Crippen LogP contribution is 2.26. The Hall–Kier alpha value is -2.09. The van der Waals surface area contributed by atoms with Gasteiger partial charge in [-0.2, -0.15) is 0 Å². The quantitative estimate of drug-likeness (QED) is 0.594. The van der Waals surface area contributed by atoms with Crippen molar-refractivity contribution in [2.45, 2.75) is 0 Å². The second-order valence-corrected chi connectivity index (χ2v) is 3.42. The second kappa shape index (κ2) is 3.24. The van der Waals surface area contributed by atoms with Gasteiger partial charge in [-0.1, -0.05) is 47.6 Å². The van der Waals surface area contributed by atoms with Crippen LogP contribution in [0.4, 0.5) is 0 Å². The molecule has 0 spiro atoms. The fraction of sp³-hybridized carbons (Fsp3) is 0. The van der Waals surface area contributed by atoms with Crippen molar-refractivity contribution >= 4 is 10.9 Å². The first-order valence-electron chi connectivity index (χ1n) is 4.84. The van der Waals surface area contributed by atoms with Crippen LogP contribution < -0.4 is 0 Å². The van der Waals surface area contributed by atoms with Crippen molar-refractivity contribution < 1.29 is 4.52 Å². The molecule has 0 aliphatic carbocycles. The van der Waals surface area contributed by atoms with Crippen molar-refractivity contribution in [3.05, 3.63) is 54.8 Å². The molecule has 0 saturated heterocycles. The lowest BCUT2D eigenvalue weighted by atomic mass is 10.0.